The molecule has 0 N–H and O–H groups in total. The first kappa shape index (κ1) is 20.5. The number of benzene rings is 4. The fourth-order valence-corrected chi connectivity index (χ4v) is 9.13. The van der Waals surface area contributed by atoms with E-state index in [0.29, 0.717) is 0 Å². The Hall–Kier alpha value is -4.43. The Bertz CT molecular complexity index is 1950. The largest absolute Gasteiger partial charge is 0.340 e. The SMILES string of the molecule is C=CN1CC23c4c(cccc41)C1c4ccccc4Cc4ccc(c2c41)C1c2ccccc2Cc2ccc[n+]3c21. The van der Waals surface area contributed by atoms with E-state index < -0.39 is 0 Å². The molecular formula is C37H27N2+. The zero-order chi connectivity index (χ0) is 25.5. The van der Waals surface area contributed by atoms with Gasteiger partial charge in [0.25, 0.3) is 0 Å². The minimum atomic E-state index is -0.266. The summed E-state index contributed by atoms with van der Waals surface area (Å²) in [5.41, 5.74) is 18.9. The third-order valence-electron chi connectivity index (χ3n) is 10.4. The van der Waals surface area contributed by atoms with Crippen LogP contribution in [-0.2, 0) is 18.4 Å². The predicted molar refractivity (Wildman–Crippen MR) is 154 cm³/mol. The van der Waals surface area contributed by atoms with Crippen molar-refractivity contribution < 1.29 is 4.57 Å². The fourth-order valence-electron chi connectivity index (χ4n) is 9.13. The average Bonchev–Trinajstić information content (AvgIpc) is 3.33. The summed E-state index contributed by atoms with van der Waals surface area (Å²) in [6.45, 7) is 5.17. The molecule has 0 saturated carbocycles. The molecule has 4 aromatic carbocycles. The van der Waals surface area contributed by atoms with E-state index in [2.05, 4.69) is 113 Å². The number of rotatable bonds is 1. The summed E-state index contributed by atoms with van der Waals surface area (Å²) in [7, 11) is 0. The highest BCUT2D eigenvalue weighted by molar-refractivity contribution is 5.78. The zero-order valence-corrected chi connectivity index (χ0v) is 21.7. The van der Waals surface area contributed by atoms with Crippen LogP contribution in [0.3, 0.4) is 0 Å². The van der Waals surface area contributed by atoms with Crippen LogP contribution in [0.15, 0.2) is 110 Å². The molecular weight excluding hydrogens is 472 g/mol. The van der Waals surface area contributed by atoms with Gasteiger partial charge in [0, 0.05) is 29.5 Å². The lowest BCUT2D eigenvalue weighted by Crippen LogP contribution is -2.67. The molecule has 0 saturated heterocycles. The lowest BCUT2D eigenvalue weighted by molar-refractivity contribution is -0.750. The number of fused-ring (bicyclic) bond motifs is 6. The first-order valence-corrected chi connectivity index (χ1v) is 14.2. The van der Waals surface area contributed by atoms with Crippen LogP contribution in [0.1, 0.15) is 78.7 Å². The first-order chi connectivity index (χ1) is 19.3. The second-order valence-electron chi connectivity index (χ2n) is 11.9. The smallest absolute Gasteiger partial charge is 0.239 e. The molecule has 39 heavy (non-hydrogen) atoms. The van der Waals surface area contributed by atoms with Gasteiger partial charge < -0.3 is 4.90 Å². The van der Waals surface area contributed by atoms with Gasteiger partial charge in [-0.1, -0.05) is 79.4 Å². The molecule has 3 aliphatic carbocycles. The van der Waals surface area contributed by atoms with Crippen LogP contribution in [0.4, 0.5) is 5.69 Å². The monoisotopic (exact) mass is 499 g/mol. The Kier molecular flexibility index (Phi) is 3.56. The molecule has 0 fully saturated rings. The van der Waals surface area contributed by atoms with Crippen molar-refractivity contribution in [2.24, 2.45) is 0 Å². The minimum Gasteiger partial charge on any atom is -0.340 e. The number of aromatic nitrogens is 1. The van der Waals surface area contributed by atoms with Gasteiger partial charge in [0.05, 0.1) is 23.7 Å². The zero-order valence-electron chi connectivity index (χ0n) is 21.7. The van der Waals surface area contributed by atoms with Crippen LogP contribution in [0.2, 0.25) is 0 Å². The number of hydrogen-bond donors (Lipinski definition) is 0. The molecule has 5 aliphatic rings. The summed E-state index contributed by atoms with van der Waals surface area (Å²) in [6.07, 6.45) is 6.43. The van der Waals surface area contributed by atoms with E-state index >= 15 is 0 Å². The van der Waals surface area contributed by atoms with Gasteiger partial charge in [0.15, 0.2) is 11.9 Å². The summed E-state index contributed by atoms with van der Waals surface area (Å²) >= 11 is 0. The maximum absolute atomic E-state index is 4.29. The fraction of sp³-hybridized carbons (Fsp3) is 0.162. The molecule has 3 atom stereocenters. The molecule has 10 rings (SSSR count). The highest BCUT2D eigenvalue weighted by Crippen LogP contribution is 2.61. The molecule has 3 unspecified atom stereocenters. The third kappa shape index (κ3) is 2.19. The standard InChI is InChI=1S/C37H27N2/c1-2-38-21-37-34-28(14-7-15-30(34)38)32-26-12-5-3-9-22(26)19-24-16-17-29(35(37)31(24)32)33-27-13-6-4-10-23(27)20-25-11-8-18-39(37)36(25)33/h2-18,32-33H,1,19-21H2/q+1. The number of anilines is 1. The lowest BCUT2D eigenvalue weighted by Gasteiger charge is -2.46. The van der Waals surface area contributed by atoms with Gasteiger partial charge in [-0.15, -0.1) is 0 Å². The summed E-state index contributed by atoms with van der Waals surface area (Å²) in [6, 6.07) is 34.9. The van der Waals surface area contributed by atoms with Crippen LogP contribution >= 0.6 is 0 Å². The van der Waals surface area contributed by atoms with Gasteiger partial charge in [-0.3, -0.25) is 0 Å². The van der Waals surface area contributed by atoms with Crippen molar-refractivity contribution in [3.63, 3.8) is 0 Å². The van der Waals surface area contributed by atoms with E-state index in [1.807, 2.05) is 6.20 Å². The normalized spacial score (nSPS) is 23.2. The Morgan fingerprint density at radius 3 is 2.18 bits per heavy atom. The van der Waals surface area contributed by atoms with Crippen LogP contribution in [0.5, 0.6) is 0 Å². The summed E-state index contributed by atoms with van der Waals surface area (Å²) < 4.78 is 2.70. The molecule has 0 bridgehead atoms. The second kappa shape index (κ2) is 6.76. The molecule has 0 amide bonds. The molecule has 1 aromatic heterocycles. The molecule has 3 heterocycles. The van der Waals surface area contributed by atoms with Gasteiger partial charge in [-0.2, -0.15) is 4.57 Å². The number of hydrogen-bond acceptors (Lipinski definition) is 1. The number of pyridine rings is 1. The maximum atomic E-state index is 4.29. The molecule has 2 nitrogen and oxygen atoms in total. The second-order valence-corrected chi connectivity index (χ2v) is 11.9. The Balaban J connectivity index is 1.42. The summed E-state index contributed by atoms with van der Waals surface area (Å²) in [5.74, 6) is 0.512. The summed E-state index contributed by atoms with van der Waals surface area (Å²) in [4.78, 5) is 2.41. The molecule has 0 radical (unpaired) electrons. The average molecular weight is 500 g/mol. The topological polar surface area (TPSA) is 7.12 Å². The van der Waals surface area contributed by atoms with Crippen LogP contribution in [0.25, 0.3) is 0 Å². The van der Waals surface area contributed by atoms with Crippen molar-refractivity contribution in [2.45, 2.75) is 30.2 Å². The van der Waals surface area contributed by atoms with E-state index in [9.17, 15) is 0 Å². The van der Waals surface area contributed by atoms with E-state index in [4.69, 9.17) is 0 Å². The van der Waals surface area contributed by atoms with Crippen molar-refractivity contribution in [2.75, 3.05) is 11.4 Å². The van der Waals surface area contributed by atoms with Crippen molar-refractivity contribution in [3.8, 4) is 0 Å². The molecule has 5 aromatic rings. The van der Waals surface area contributed by atoms with Crippen LogP contribution in [0, 0.1) is 0 Å². The van der Waals surface area contributed by atoms with Gasteiger partial charge in [-0.25, -0.2) is 0 Å². The van der Waals surface area contributed by atoms with Crippen LogP contribution in [-0.4, -0.2) is 6.54 Å². The Morgan fingerprint density at radius 1 is 0.667 bits per heavy atom. The highest BCUT2D eigenvalue weighted by atomic mass is 15.2. The predicted octanol–water partition coefficient (Wildman–Crippen LogP) is 6.53. The third-order valence-corrected chi connectivity index (χ3v) is 10.4. The van der Waals surface area contributed by atoms with Crippen molar-refractivity contribution in [1.82, 2.24) is 0 Å². The summed E-state index contributed by atoms with van der Waals surface area (Å²) in [5, 5.41) is 0. The van der Waals surface area contributed by atoms with Gasteiger partial charge in [0.1, 0.15) is 0 Å². The van der Waals surface area contributed by atoms with E-state index in [0.717, 1.165) is 19.4 Å². The van der Waals surface area contributed by atoms with Gasteiger partial charge in [-0.05, 0) is 69.3 Å². The maximum Gasteiger partial charge on any atom is 0.239 e. The van der Waals surface area contributed by atoms with Gasteiger partial charge in [0.2, 0.25) is 5.54 Å². The lowest BCUT2D eigenvalue weighted by atomic mass is 9.58. The number of nitrogens with zero attached hydrogens (tertiary/aromatic N) is 2. The van der Waals surface area contributed by atoms with E-state index in [1.54, 1.807) is 11.1 Å². The Morgan fingerprint density at radius 2 is 1.36 bits per heavy atom. The van der Waals surface area contributed by atoms with E-state index in [1.165, 1.54) is 61.5 Å². The van der Waals surface area contributed by atoms with Gasteiger partial charge >= 0.3 is 0 Å². The van der Waals surface area contributed by atoms with Crippen molar-refractivity contribution in [3.05, 3.63) is 177 Å². The molecule has 2 aliphatic heterocycles. The highest BCUT2D eigenvalue weighted by Gasteiger charge is 2.64. The van der Waals surface area contributed by atoms with E-state index in [-0.39, 0.29) is 17.4 Å². The van der Waals surface area contributed by atoms with Crippen molar-refractivity contribution >= 4 is 5.69 Å². The minimum absolute atomic E-state index is 0.251. The van der Waals surface area contributed by atoms with Crippen LogP contribution < -0.4 is 9.47 Å². The Labute approximate surface area is 228 Å². The molecule has 2 heteroatoms. The first-order valence-electron chi connectivity index (χ1n) is 14.2. The molecule has 1 spiro atoms. The van der Waals surface area contributed by atoms with Crippen molar-refractivity contribution in [1.29, 1.82) is 0 Å². The molecule has 184 valence electrons. The quantitative estimate of drug-likeness (QED) is 0.233.